The quantitative estimate of drug-likeness (QED) is 0.792. The molecule has 0 atom stereocenters. The molecule has 1 N–H and O–H groups in total. The normalized spacial score (nSPS) is 25.9. The van der Waals surface area contributed by atoms with Crippen molar-refractivity contribution in [1.82, 2.24) is 15.3 Å². The third-order valence-corrected chi connectivity index (χ3v) is 6.24. The molecule has 0 spiro atoms. The Labute approximate surface area is 177 Å². The van der Waals surface area contributed by atoms with Crippen LogP contribution in [0.15, 0.2) is 24.4 Å². The Hall–Kier alpha value is -2.41. The van der Waals surface area contributed by atoms with E-state index in [-0.39, 0.29) is 17.2 Å². The first-order valence-corrected chi connectivity index (χ1v) is 10.7. The Bertz CT molecular complexity index is 913. The average molecular weight is 414 g/mol. The lowest BCUT2D eigenvalue weighted by Crippen LogP contribution is -2.63. The fraction of sp³-hybridized carbons (Fsp3) is 0.609. The number of hydrogen-bond donors (Lipinski definition) is 1. The molecule has 2 saturated heterocycles. The van der Waals surface area contributed by atoms with E-state index in [1.165, 1.54) is 0 Å². The van der Waals surface area contributed by atoms with Gasteiger partial charge in [-0.1, -0.05) is 0 Å². The molecule has 1 saturated carbocycles. The van der Waals surface area contributed by atoms with Crippen molar-refractivity contribution in [2.45, 2.75) is 76.0 Å². The maximum absolute atomic E-state index is 12.3. The van der Waals surface area contributed by atoms with Crippen LogP contribution < -0.4 is 10.1 Å². The first-order chi connectivity index (χ1) is 14.2. The predicted octanol–water partition coefficient (Wildman–Crippen LogP) is 4.18. The van der Waals surface area contributed by atoms with Gasteiger partial charge in [-0.25, -0.2) is 9.78 Å². The molecule has 0 unspecified atom stereocenters. The second-order valence-electron chi connectivity index (χ2n) is 9.57. The van der Waals surface area contributed by atoms with Crippen LogP contribution in [0.2, 0.25) is 0 Å². The zero-order valence-electron chi connectivity index (χ0n) is 18.3. The number of rotatable bonds is 5. The van der Waals surface area contributed by atoms with Gasteiger partial charge in [0, 0.05) is 12.3 Å². The zero-order chi connectivity index (χ0) is 21.4. The van der Waals surface area contributed by atoms with Gasteiger partial charge in [-0.2, -0.15) is 0 Å². The van der Waals surface area contributed by atoms with E-state index in [2.05, 4.69) is 15.3 Å². The van der Waals surface area contributed by atoms with Gasteiger partial charge in [0.2, 0.25) is 5.88 Å². The molecule has 30 heavy (non-hydrogen) atoms. The number of alkyl carbamates (subject to hydrolysis) is 1. The highest BCUT2D eigenvalue weighted by atomic mass is 16.6. The fourth-order valence-corrected chi connectivity index (χ4v) is 4.51. The summed E-state index contributed by atoms with van der Waals surface area (Å²) in [5.74, 6) is 0.597. The Balaban J connectivity index is 1.40. The van der Waals surface area contributed by atoms with Crippen molar-refractivity contribution < 1.29 is 19.0 Å². The molecule has 5 rings (SSSR count). The van der Waals surface area contributed by atoms with Crippen LogP contribution in [0.4, 0.5) is 4.79 Å². The minimum absolute atomic E-state index is 0.133. The third-order valence-electron chi connectivity index (χ3n) is 6.24. The zero-order valence-corrected chi connectivity index (χ0v) is 18.3. The van der Waals surface area contributed by atoms with Crippen molar-refractivity contribution >= 4 is 17.1 Å². The summed E-state index contributed by atoms with van der Waals surface area (Å²) in [7, 11) is 1.62. The smallest absolute Gasteiger partial charge is 0.408 e. The van der Waals surface area contributed by atoms with Crippen LogP contribution in [0.3, 0.4) is 0 Å². The van der Waals surface area contributed by atoms with Crippen molar-refractivity contribution in [2.24, 2.45) is 0 Å². The Morgan fingerprint density at radius 1 is 1.20 bits per heavy atom. The molecule has 2 aliphatic heterocycles. The summed E-state index contributed by atoms with van der Waals surface area (Å²) < 4.78 is 17.1. The summed E-state index contributed by atoms with van der Waals surface area (Å²) in [6.45, 7) is 6.16. The molecule has 7 nitrogen and oxygen atoms in total. The van der Waals surface area contributed by atoms with Crippen LogP contribution in [0.5, 0.6) is 5.88 Å². The van der Waals surface area contributed by atoms with E-state index in [9.17, 15) is 4.79 Å². The molecule has 0 aromatic carbocycles. The number of fused-ring (bicyclic) bond motifs is 4. The Kier molecular flexibility index (Phi) is 5.34. The van der Waals surface area contributed by atoms with Crippen molar-refractivity contribution in [2.75, 3.05) is 13.7 Å². The average Bonchev–Trinajstić information content (AvgIpc) is 2.71. The van der Waals surface area contributed by atoms with Crippen molar-refractivity contribution in [3.8, 4) is 5.88 Å². The molecule has 2 aromatic heterocycles. The molecule has 2 aromatic rings. The SMILES string of the molecule is COc1ccc2nccc(CCC34CCC(NC(=O)OC(C)(C)C)(CC3)CO4)c2n1. The highest BCUT2D eigenvalue weighted by Gasteiger charge is 2.50. The van der Waals surface area contributed by atoms with Gasteiger partial charge in [0.25, 0.3) is 0 Å². The maximum Gasteiger partial charge on any atom is 0.408 e. The molecule has 1 aliphatic carbocycles. The number of methoxy groups -OCH3 is 1. The number of amides is 1. The molecule has 3 aliphatic rings. The highest BCUT2D eigenvalue weighted by molar-refractivity contribution is 5.78. The van der Waals surface area contributed by atoms with E-state index in [0.29, 0.717) is 12.5 Å². The number of aryl methyl sites for hydroxylation is 1. The molecule has 3 fully saturated rings. The van der Waals surface area contributed by atoms with Crippen molar-refractivity contribution in [3.63, 3.8) is 0 Å². The summed E-state index contributed by atoms with van der Waals surface area (Å²) in [6.07, 6.45) is 6.96. The largest absolute Gasteiger partial charge is 0.481 e. The van der Waals surface area contributed by atoms with Crippen LogP contribution in [0.25, 0.3) is 11.0 Å². The molecule has 4 heterocycles. The number of ether oxygens (including phenoxy) is 3. The molecule has 0 radical (unpaired) electrons. The molecular weight excluding hydrogens is 382 g/mol. The van der Waals surface area contributed by atoms with E-state index in [1.54, 1.807) is 7.11 Å². The van der Waals surface area contributed by atoms with Crippen LogP contribution in [-0.4, -0.2) is 46.5 Å². The van der Waals surface area contributed by atoms with E-state index in [0.717, 1.165) is 55.1 Å². The third kappa shape index (κ3) is 4.36. The van der Waals surface area contributed by atoms with Gasteiger partial charge in [-0.3, -0.25) is 4.98 Å². The number of pyridine rings is 2. The number of aromatic nitrogens is 2. The minimum atomic E-state index is -0.501. The Morgan fingerprint density at radius 2 is 1.97 bits per heavy atom. The Morgan fingerprint density at radius 3 is 2.60 bits per heavy atom. The number of nitrogens with one attached hydrogen (secondary N) is 1. The van der Waals surface area contributed by atoms with Gasteiger partial charge in [0.15, 0.2) is 0 Å². The van der Waals surface area contributed by atoms with Crippen molar-refractivity contribution in [1.29, 1.82) is 0 Å². The van der Waals surface area contributed by atoms with E-state index in [1.807, 2.05) is 45.2 Å². The second-order valence-corrected chi connectivity index (χ2v) is 9.57. The van der Waals surface area contributed by atoms with Gasteiger partial charge < -0.3 is 19.5 Å². The van der Waals surface area contributed by atoms with Gasteiger partial charge in [0.1, 0.15) is 5.60 Å². The number of carbonyl (C=O) groups excluding carboxylic acids is 1. The monoisotopic (exact) mass is 413 g/mol. The first kappa shape index (κ1) is 20.8. The van der Waals surface area contributed by atoms with Crippen LogP contribution in [-0.2, 0) is 15.9 Å². The van der Waals surface area contributed by atoms with Gasteiger partial charge >= 0.3 is 6.09 Å². The van der Waals surface area contributed by atoms with Crippen molar-refractivity contribution in [3.05, 3.63) is 30.0 Å². The van der Waals surface area contributed by atoms with Gasteiger partial charge in [-0.05, 0) is 77.0 Å². The summed E-state index contributed by atoms with van der Waals surface area (Å²) in [5.41, 5.74) is 1.99. The van der Waals surface area contributed by atoms with E-state index < -0.39 is 5.60 Å². The number of carbonyl (C=O) groups is 1. The van der Waals surface area contributed by atoms with E-state index in [4.69, 9.17) is 14.2 Å². The summed E-state index contributed by atoms with van der Waals surface area (Å²) in [6, 6.07) is 5.81. The van der Waals surface area contributed by atoms with Gasteiger partial charge in [-0.15, -0.1) is 0 Å². The van der Waals surface area contributed by atoms with Gasteiger partial charge in [0.05, 0.1) is 35.9 Å². The lowest BCUT2D eigenvalue weighted by atomic mass is 9.69. The molecule has 7 heteroatoms. The summed E-state index contributed by atoms with van der Waals surface area (Å²) in [4.78, 5) is 21.3. The van der Waals surface area contributed by atoms with Crippen LogP contribution in [0, 0.1) is 0 Å². The number of hydrogen-bond acceptors (Lipinski definition) is 6. The molecule has 162 valence electrons. The molecule has 2 bridgehead atoms. The van der Waals surface area contributed by atoms with Crippen LogP contribution in [0.1, 0.15) is 58.4 Å². The lowest BCUT2D eigenvalue weighted by Gasteiger charge is -2.53. The minimum Gasteiger partial charge on any atom is -0.481 e. The topological polar surface area (TPSA) is 82.6 Å². The predicted molar refractivity (Wildman–Crippen MR) is 114 cm³/mol. The second kappa shape index (κ2) is 7.69. The fourth-order valence-electron chi connectivity index (χ4n) is 4.51. The first-order valence-electron chi connectivity index (χ1n) is 10.7. The standard InChI is InChI=1S/C23H31N3O4/c1-21(2,3)30-20(27)26-22-10-12-23(13-11-22,29-15-22)9-7-16-8-14-24-17-5-6-18(28-4)25-19(16)17/h5-6,8,14H,7,9-13,15H2,1-4H3,(H,26,27). The molecular formula is C23H31N3O4. The highest BCUT2D eigenvalue weighted by Crippen LogP contribution is 2.46. The van der Waals surface area contributed by atoms with E-state index >= 15 is 0 Å². The summed E-state index contributed by atoms with van der Waals surface area (Å²) >= 11 is 0. The maximum atomic E-state index is 12.3. The summed E-state index contributed by atoms with van der Waals surface area (Å²) in [5, 5.41) is 3.09. The van der Waals surface area contributed by atoms with Crippen LogP contribution >= 0.6 is 0 Å². The number of nitrogens with zero attached hydrogens (tertiary/aromatic N) is 2. The lowest BCUT2D eigenvalue weighted by molar-refractivity contribution is -0.163. The molecule has 1 amide bonds.